The average Bonchev–Trinajstić information content (AvgIpc) is 1.77. The van der Waals surface area contributed by atoms with Gasteiger partial charge in [-0.3, -0.25) is 0 Å². The fraction of sp³-hybridized carbons (Fsp3) is 1.00. The molecule has 0 saturated carbocycles. The van der Waals surface area contributed by atoms with Crippen LogP contribution in [0.5, 0.6) is 0 Å². The van der Waals surface area contributed by atoms with E-state index in [0.29, 0.717) is 6.04 Å². The molecule has 13 heavy (non-hydrogen) atoms. The highest BCUT2D eigenvalue weighted by atomic mass is 28.5. The zero-order valence-corrected chi connectivity index (χ0v) is 10.5. The monoisotopic (exact) mass is 226 g/mol. The highest BCUT2D eigenvalue weighted by Crippen LogP contribution is 2.44. The Bertz CT molecular complexity index is 190. The third-order valence-corrected chi connectivity index (χ3v) is 18.8. The zero-order valence-electron chi connectivity index (χ0n) is 8.46. The minimum atomic E-state index is -3.93. The van der Waals surface area contributed by atoms with E-state index in [2.05, 4.69) is 19.6 Å². The van der Waals surface area contributed by atoms with E-state index in [1.165, 1.54) is 11.3 Å². The Kier molecular flexibility index (Phi) is 2.71. The van der Waals surface area contributed by atoms with Gasteiger partial charge in [-0.05, 0) is 6.04 Å². The second-order valence-electron chi connectivity index (χ2n) is 5.44. The second-order valence-corrected chi connectivity index (χ2v) is 16.7. The predicted molar refractivity (Wildman–Crippen MR) is 54.2 cm³/mol. The Balaban J connectivity index is 2.32. The van der Waals surface area contributed by atoms with Crippen LogP contribution in [0.3, 0.4) is 0 Å². The van der Waals surface area contributed by atoms with Crippen LogP contribution in [-0.4, -0.2) is 22.3 Å². The van der Waals surface area contributed by atoms with Gasteiger partial charge in [-0.1, -0.05) is 31.0 Å². The Hall–Kier alpha value is 0.224. The molecule has 0 aliphatic carbocycles. The van der Waals surface area contributed by atoms with E-state index in [0.717, 1.165) is 0 Å². The lowest BCUT2D eigenvalue weighted by Crippen LogP contribution is -2.57. The minimum Gasteiger partial charge on any atom is -0.171 e. The first-order chi connectivity index (χ1) is 5.62. The lowest BCUT2D eigenvalue weighted by atomic mass is 10.5. The highest BCUT2D eigenvalue weighted by molar-refractivity contribution is 7.12. The van der Waals surface area contributed by atoms with Crippen LogP contribution in [0.1, 0.15) is 6.42 Å². The van der Waals surface area contributed by atoms with E-state index in [1.54, 1.807) is 0 Å². The van der Waals surface area contributed by atoms with Crippen molar-refractivity contribution in [1.82, 2.24) is 0 Å². The summed E-state index contributed by atoms with van der Waals surface area (Å²) in [4.78, 5) is 0. The molecule has 1 fully saturated rings. The first-order valence-corrected chi connectivity index (χ1v) is 11.2. The zero-order chi connectivity index (χ0) is 10.3. The predicted octanol–water partition coefficient (Wildman–Crippen LogP) is 3.82. The van der Waals surface area contributed by atoms with Crippen LogP contribution in [-0.2, 0) is 0 Å². The van der Waals surface area contributed by atoms with E-state index in [1.807, 2.05) is 0 Å². The smallest absolute Gasteiger partial charge is 0.171 e. The lowest BCUT2D eigenvalue weighted by Gasteiger charge is -2.49. The molecule has 0 unspecified atom stereocenters. The van der Waals surface area contributed by atoms with Gasteiger partial charge in [0, 0.05) is 22.6 Å². The summed E-state index contributed by atoms with van der Waals surface area (Å²) in [6.45, 7) is 6.71. The van der Waals surface area contributed by atoms with E-state index in [9.17, 15) is 13.2 Å². The maximum absolute atomic E-state index is 12.0. The molecule has 0 nitrogen and oxygen atoms in total. The molecule has 1 rings (SSSR count). The summed E-state index contributed by atoms with van der Waals surface area (Å²) in [6.07, 6.45) is -4.47. The third kappa shape index (κ3) is 3.46. The first-order valence-electron chi connectivity index (χ1n) is 4.69. The van der Waals surface area contributed by atoms with Gasteiger partial charge < -0.3 is 0 Å². The van der Waals surface area contributed by atoms with Gasteiger partial charge in [-0.25, -0.2) is 0 Å². The Labute approximate surface area is 79.5 Å². The van der Waals surface area contributed by atoms with Gasteiger partial charge in [0.1, 0.15) is 0 Å². The van der Waals surface area contributed by atoms with Crippen molar-refractivity contribution in [2.75, 3.05) is 0 Å². The van der Waals surface area contributed by atoms with Crippen molar-refractivity contribution in [2.24, 2.45) is 0 Å². The van der Waals surface area contributed by atoms with Crippen molar-refractivity contribution in [3.8, 4) is 0 Å². The van der Waals surface area contributed by atoms with Gasteiger partial charge in [0.2, 0.25) is 0 Å². The van der Waals surface area contributed by atoms with Gasteiger partial charge >= 0.3 is 6.18 Å². The molecule has 0 amide bonds. The largest absolute Gasteiger partial charge is 0.388 e. The molecule has 0 atom stereocenters. The molecule has 0 spiro atoms. The van der Waals surface area contributed by atoms with Crippen molar-refractivity contribution < 1.29 is 13.2 Å². The second kappa shape index (κ2) is 3.12. The molecule has 1 aliphatic rings. The fourth-order valence-electron chi connectivity index (χ4n) is 2.88. The van der Waals surface area contributed by atoms with Crippen molar-refractivity contribution in [1.29, 1.82) is 0 Å². The van der Waals surface area contributed by atoms with Gasteiger partial charge in [-0.2, -0.15) is 13.2 Å². The number of hydrogen-bond donors (Lipinski definition) is 0. The molecule has 0 aromatic heterocycles. The minimum absolute atomic E-state index is 0.465. The van der Waals surface area contributed by atoms with Crippen LogP contribution >= 0.6 is 0 Å². The molecule has 0 radical (unpaired) electrons. The molecule has 0 N–H and O–H groups in total. The van der Waals surface area contributed by atoms with E-state index >= 15 is 0 Å². The van der Waals surface area contributed by atoms with Gasteiger partial charge in [0.05, 0.1) is 0 Å². The third-order valence-electron chi connectivity index (χ3n) is 2.82. The van der Waals surface area contributed by atoms with Crippen LogP contribution < -0.4 is 0 Å². The highest BCUT2D eigenvalue weighted by Gasteiger charge is 2.49. The summed E-state index contributed by atoms with van der Waals surface area (Å²) in [5.74, 6) is 0. The molecular weight excluding hydrogens is 209 g/mol. The molecule has 0 bridgehead atoms. The summed E-state index contributed by atoms with van der Waals surface area (Å²) in [7, 11) is -2.39. The van der Waals surface area contributed by atoms with Gasteiger partial charge in [0.25, 0.3) is 0 Å². The SMILES string of the molecule is C[Si]1(C)C[Si](C)(CCC(F)(F)F)C1. The number of hydrogen-bond acceptors (Lipinski definition) is 0. The maximum Gasteiger partial charge on any atom is 0.388 e. The molecule has 1 aliphatic heterocycles. The molecule has 5 heteroatoms. The van der Waals surface area contributed by atoms with Crippen molar-refractivity contribution in [3.05, 3.63) is 0 Å². The van der Waals surface area contributed by atoms with Crippen LogP contribution in [0, 0.1) is 0 Å². The van der Waals surface area contributed by atoms with E-state index < -0.39 is 28.7 Å². The summed E-state index contributed by atoms with van der Waals surface area (Å²) >= 11 is 0. The lowest BCUT2D eigenvalue weighted by molar-refractivity contribution is -0.130. The molecule has 0 aromatic carbocycles. The van der Waals surface area contributed by atoms with Crippen molar-refractivity contribution in [3.63, 3.8) is 0 Å². The summed E-state index contributed by atoms with van der Waals surface area (Å²) in [5, 5.41) is 0. The fourth-order valence-corrected chi connectivity index (χ4v) is 23.3. The average molecular weight is 226 g/mol. The number of rotatable bonds is 2. The summed E-state index contributed by atoms with van der Waals surface area (Å²) < 4.78 is 35.9. The van der Waals surface area contributed by atoms with Gasteiger partial charge in [-0.15, -0.1) is 0 Å². The Morgan fingerprint density at radius 3 is 1.85 bits per heavy atom. The topological polar surface area (TPSA) is 0 Å². The van der Waals surface area contributed by atoms with Crippen molar-refractivity contribution in [2.45, 2.75) is 49.6 Å². The normalized spacial score (nSPS) is 25.4. The summed E-state index contributed by atoms with van der Waals surface area (Å²) in [5.41, 5.74) is 2.41. The number of alkyl halides is 3. The molecule has 78 valence electrons. The summed E-state index contributed by atoms with van der Waals surface area (Å²) in [6, 6.07) is 0.465. The van der Waals surface area contributed by atoms with E-state index in [-0.39, 0.29) is 0 Å². The maximum atomic E-state index is 12.0. The van der Waals surface area contributed by atoms with Crippen LogP contribution in [0.2, 0.25) is 37.0 Å². The molecule has 0 aromatic rings. The standard InChI is InChI=1S/C8H17F3Si2/c1-12(2)6-13(3,7-12)5-4-8(9,10)11/h4-7H2,1-3H3. The molecular formula is C8H17F3Si2. The van der Waals surface area contributed by atoms with Crippen LogP contribution in [0.25, 0.3) is 0 Å². The van der Waals surface area contributed by atoms with Crippen molar-refractivity contribution >= 4 is 16.1 Å². The van der Waals surface area contributed by atoms with E-state index in [4.69, 9.17) is 0 Å². The first kappa shape index (κ1) is 11.3. The number of halogens is 3. The van der Waals surface area contributed by atoms with Gasteiger partial charge in [0.15, 0.2) is 0 Å². The Morgan fingerprint density at radius 1 is 1.08 bits per heavy atom. The molecule has 1 saturated heterocycles. The van der Waals surface area contributed by atoms with Crippen LogP contribution in [0.15, 0.2) is 0 Å². The molecule has 1 heterocycles. The Morgan fingerprint density at radius 2 is 1.54 bits per heavy atom. The van der Waals surface area contributed by atoms with Crippen LogP contribution in [0.4, 0.5) is 13.2 Å². The quantitative estimate of drug-likeness (QED) is 0.628.